The summed E-state index contributed by atoms with van der Waals surface area (Å²) in [6, 6.07) is 16.2. The number of methoxy groups -OCH3 is 1. The van der Waals surface area contributed by atoms with Crippen LogP contribution in [0.15, 0.2) is 53.5 Å². The lowest BCUT2D eigenvalue weighted by Crippen LogP contribution is -2.38. The van der Waals surface area contributed by atoms with Gasteiger partial charge in [0.1, 0.15) is 11.5 Å². The van der Waals surface area contributed by atoms with Gasteiger partial charge in [-0.25, -0.2) is 4.99 Å². The predicted octanol–water partition coefficient (Wildman–Crippen LogP) is 3.05. The second-order valence-corrected chi connectivity index (χ2v) is 7.66. The third-order valence-corrected chi connectivity index (χ3v) is 5.31. The fourth-order valence-corrected chi connectivity index (χ4v) is 3.51. The van der Waals surface area contributed by atoms with Crippen LogP contribution in [0.25, 0.3) is 0 Å². The standard InChI is InChI=1S/C25H36N4O3/c1-3-26-25(27-13-6-16-32-24-11-9-23(30-2)10-12-24)28-19-21-7-4-5-8-22(21)20-29-14-17-31-18-15-29/h4-5,7-12H,3,6,13-20H2,1-2H3,(H2,26,27,28). The van der Waals surface area contributed by atoms with Crippen molar-refractivity contribution < 1.29 is 14.2 Å². The molecule has 2 aromatic carbocycles. The molecule has 0 amide bonds. The van der Waals surface area contributed by atoms with Gasteiger partial charge in [0.05, 0.1) is 33.5 Å². The summed E-state index contributed by atoms with van der Waals surface area (Å²) in [6.07, 6.45) is 0.879. The highest BCUT2D eigenvalue weighted by atomic mass is 16.5. The third-order valence-electron chi connectivity index (χ3n) is 5.31. The fourth-order valence-electron chi connectivity index (χ4n) is 3.51. The molecule has 0 aromatic heterocycles. The minimum atomic E-state index is 0.640. The zero-order valence-corrected chi connectivity index (χ0v) is 19.3. The molecule has 0 bridgehead atoms. The van der Waals surface area contributed by atoms with Gasteiger partial charge in [0.15, 0.2) is 5.96 Å². The van der Waals surface area contributed by atoms with Crippen molar-refractivity contribution in [1.82, 2.24) is 15.5 Å². The fraction of sp³-hybridized carbons (Fsp3) is 0.480. The molecule has 32 heavy (non-hydrogen) atoms. The van der Waals surface area contributed by atoms with E-state index >= 15 is 0 Å². The first kappa shape index (κ1) is 23.9. The summed E-state index contributed by atoms with van der Waals surface area (Å²) in [6.45, 7) is 9.53. The summed E-state index contributed by atoms with van der Waals surface area (Å²) in [4.78, 5) is 7.25. The number of morpholine rings is 1. The van der Waals surface area contributed by atoms with Gasteiger partial charge in [-0.3, -0.25) is 4.90 Å². The van der Waals surface area contributed by atoms with E-state index in [2.05, 4.69) is 46.7 Å². The Bertz CT molecular complexity index is 820. The molecule has 0 atom stereocenters. The Labute approximate surface area is 191 Å². The van der Waals surface area contributed by atoms with Gasteiger partial charge in [0.2, 0.25) is 0 Å². The van der Waals surface area contributed by atoms with Crippen LogP contribution in [0.4, 0.5) is 0 Å². The molecular formula is C25H36N4O3. The van der Waals surface area contributed by atoms with Crippen molar-refractivity contribution in [3.05, 3.63) is 59.7 Å². The quantitative estimate of drug-likeness (QED) is 0.318. The van der Waals surface area contributed by atoms with Gasteiger partial charge in [-0.15, -0.1) is 0 Å². The first-order valence-corrected chi connectivity index (χ1v) is 11.4. The number of rotatable bonds is 11. The maximum absolute atomic E-state index is 5.80. The molecule has 1 aliphatic rings. The molecule has 0 radical (unpaired) electrons. The molecule has 174 valence electrons. The van der Waals surface area contributed by atoms with Crippen LogP contribution >= 0.6 is 0 Å². The summed E-state index contributed by atoms with van der Waals surface area (Å²) in [5.41, 5.74) is 2.60. The molecule has 0 aliphatic carbocycles. The van der Waals surface area contributed by atoms with Crippen LogP contribution in [0.1, 0.15) is 24.5 Å². The molecule has 3 rings (SSSR count). The predicted molar refractivity (Wildman–Crippen MR) is 128 cm³/mol. The van der Waals surface area contributed by atoms with Crippen LogP contribution in [0, 0.1) is 0 Å². The Balaban J connectivity index is 1.46. The highest BCUT2D eigenvalue weighted by molar-refractivity contribution is 5.79. The number of nitrogens with one attached hydrogen (secondary N) is 2. The van der Waals surface area contributed by atoms with Crippen molar-refractivity contribution in [2.24, 2.45) is 4.99 Å². The van der Waals surface area contributed by atoms with Crippen molar-refractivity contribution in [2.75, 3.05) is 53.1 Å². The number of nitrogens with zero attached hydrogens (tertiary/aromatic N) is 2. The van der Waals surface area contributed by atoms with Gasteiger partial charge in [-0.1, -0.05) is 24.3 Å². The average Bonchev–Trinajstić information content (AvgIpc) is 2.84. The molecule has 1 saturated heterocycles. The van der Waals surface area contributed by atoms with E-state index in [-0.39, 0.29) is 0 Å². The lowest BCUT2D eigenvalue weighted by molar-refractivity contribution is 0.0341. The smallest absolute Gasteiger partial charge is 0.191 e. The summed E-state index contributed by atoms with van der Waals surface area (Å²) in [5, 5.41) is 6.74. The van der Waals surface area contributed by atoms with E-state index in [0.717, 1.165) is 69.8 Å². The van der Waals surface area contributed by atoms with Gasteiger partial charge in [0.25, 0.3) is 0 Å². The van der Waals surface area contributed by atoms with E-state index in [1.807, 2.05) is 24.3 Å². The van der Waals surface area contributed by atoms with Crippen LogP contribution in [0.5, 0.6) is 11.5 Å². The normalized spacial score (nSPS) is 14.8. The first-order chi connectivity index (χ1) is 15.8. The van der Waals surface area contributed by atoms with Gasteiger partial charge < -0.3 is 24.8 Å². The molecule has 0 spiro atoms. The largest absolute Gasteiger partial charge is 0.497 e. The van der Waals surface area contributed by atoms with E-state index < -0.39 is 0 Å². The number of guanidine groups is 1. The summed E-state index contributed by atoms with van der Waals surface area (Å²) >= 11 is 0. The minimum absolute atomic E-state index is 0.640. The van der Waals surface area contributed by atoms with Crippen LogP contribution in [0.3, 0.4) is 0 Å². The van der Waals surface area contributed by atoms with Crippen molar-refractivity contribution in [1.29, 1.82) is 0 Å². The second kappa shape index (κ2) is 13.6. The zero-order chi connectivity index (χ0) is 22.4. The molecule has 1 heterocycles. The molecule has 7 heteroatoms. The maximum atomic E-state index is 5.80. The summed E-state index contributed by atoms with van der Waals surface area (Å²) in [5.74, 6) is 2.51. The van der Waals surface area contributed by atoms with Crippen LogP contribution in [-0.4, -0.2) is 64.0 Å². The molecular weight excluding hydrogens is 404 g/mol. The number of hydrogen-bond acceptors (Lipinski definition) is 5. The molecule has 2 N–H and O–H groups in total. The average molecular weight is 441 g/mol. The van der Waals surface area contributed by atoms with E-state index in [4.69, 9.17) is 19.2 Å². The summed E-state index contributed by atoms with van der Waals surface area (Å²) in [7, 11) is 1.66. The highest BCUT2D eigenvalue weighted by Crippen LogP contribution is 2.17. The second-order valence-electron chi connectivity index (χ2n) is 7.66. The van der Waals surface area contributed by atoms with Crippen LogP contribution in [-0.2, 0) is 17.8 Å². The minimum Gasteiger partial charge on any atom is -0.497 e. The molecule has 1 fully saturated rings. The van der Waals surface area contributed by atoms with Gasteiger partial charge >= 0.3 is 0 Å². The topological polar surface area (TPSA) is 67.4 Å². The van der Waals surface area contributed by atoms with Gasteiger partial charge in [-0.05, 0) is 48.7 Å². The van der Waals surface area contributed by atoms with E-state index in [0.29, 0.717) is 13.2 Å². The van der Waals surface area contributed by atoms with E-state index in [1.54, 1.807) is 7.11 Å². The zero-order valence-electron chi connectivity index (χ0n) is 19.3. The SMILES string of the molecule is CCNC(=NCc1ccccc1CN1CCOCC1)NCCCOc1ccc(OC)cc1. The molecule has 7 nitrogen and oxygen atoms in total. The van der Waals surface area contributed by atoms with E-state index in [1.165, 1.54) is 11.1 Å². The van der Waals surface area contributed by atoms with Crippen molar-refractivity contribution in [3.8, 4) is 11.5 Å². The lowest BCUT2D eigenvalue weighted by Gasteiger charge is -2.27. The number of benzene rings is 2. The summed E-state index contributed by atoms with van der Waals surface area (Å²) < 4.78 is 16.4. The number of ether oxygens (including phenoxy) is 3. The maximum Gasteiger partial charge on any atom is 0.191 e. The lowest BCUT2D eigenvalue weighted by atomic mass is 10.1. The van der Waals surface area contributed by atoms with Crippen molar-refractivity contribution in [3.63, 3.8) is 0 Å². The Morgan fingerprint density at radius 2 is 1.72 bits per heavy atom. The highest BCUT2D eigenvalue weighted by Gasteiger charge is 2.12. The number of hydrogen-bond donors (Lipinski definition) is 2. The van der Waals surface area contributed by atoms with E-state index in [9.17, 15) is 0 Å². The molecule has 0 saturated carbocycles. The Morgan fingerprint density at radius 3 is 2.44 bits per heavy atom. The van der Waals surface area contributed by atoms with Crippen molar-refractivity contribution in [2.45, 2.75) is 26.4 Å². The van der Waals surface area contributed by atoms with Crippen LogP contribution in [0.2, 0.25) is 0 Å². The van der Waals surface area contributed by atoms with Gasteiger partial charge in [0, 0.05) is 32.7 Å². The monoisotopic (exact) mass is 440 g/mol. The Kier molecular flexibility index (Phi) is 10.2. The Hall–Kier alpha value is -2.77. The third kappa shape index (κ3) is 8.05. The van der Waals surface area contributed by atoms with Crippen LogP contribution < -0.4 is 20.1 Å². The van der Waals surface area contributed by atoms with Gasteiger partial charge in [-0.2, -0.15) is 0 Å². The van der Waals surface area contributed by atoms with Crippen molar-refractivity contribution >= 4 is 5.96 Å². The first-order valence-electron chi connectivity index (χ1n) is 11.4. The molecule has 1 aliphatic heterocycles. The molecule has 2 aromatic rings. The Morgan fingerprint density at radius 1 is 1.00 bits per heavy atom. The number of aliphatic imine (C=N–C) groups is 1. The molecule has 0 unspecified atom stereocenters.